The van der Waals surface area contributed by atoms with E-state index < -0.39 is 0 Å². The third-order valence-corrected chi connectivity index (χ3v) is 6.16. The monoisotopic (exact) mass is 348 g/mol. The molecule has 2 heterocycles. The molecule has 1 saturated heterocycles. The maximum atomic E-state index is 12.5. The molecule has 1 N–H and O–H groups in total. The van der Waals surface area contributed by atoms with Gasteiger partial charge in [-0.25, -0.2) is 4.79 Å². The van der Waals surface area contributed by atoms with Gasteiger partial charge in [0.25, 0.3) is 0 Å². The Morgan fingerprint density at radius 3 is 2.71 bits per heavy atom. The van der Waals surface area contributed by atoms with Crippen LogP contribution in [0.25, 0.3) is 0 Å². The first kappa shape index (κ1) is 17.5. The van der Waals surface area contributed by atoms with Crippen LogP contribution in [0.4, 0.5) is 4.79 Å². The van der Waals surface area contributed by atoms with Crippen LogP contribution >= 0.6 is 11.8 Å². The van der Waals surface area contributed by atoms with E-state index in [0.29, 0.717) is 6.04 Å². The minimum atomic E-state index is 0.130. The van der Waals surface area contributed by atoms with Crippen molar-refractivity contribution in [3.05, 3.63) is 30.1 Å². The molecule has 1 aromatic heterocycles. The van der Waals surface area contributed by atoms with Gasteiger partial charge in [0.05, 0.1) is 0 Å². The Morgan fingerprint density at radius 1 is 1.25 bits per heavy atom. The number of carbonyl (C=O) groups excluding carboxylic acids is 1. The molecule has 5 nitrogen and oxygen atoms in total. The fourth-order valence-corrected chi connectivity index (χ4v) is 4.72. The molecule has 1 aliphatic carbocycles. The van der Waals surface area contributed by atoms with E-state index in [1.54, 1.807) is 0 Å². The molecule has 24 heavy (non-hydrogen) atoms. The van der Waals surface area contributed by atoms with Crippen LogP contribution in [0.15, 0.2) is 24.5 Å². The number of nitrogens with zero attached hydrogens (tertiary/aromatic N) is 3. The highest BCUT2D eigenvalue weighted by atomic mass is 32.2. The van der Waals surface area contributed by atoms with Crippen molar-refractivity contribution < 1.29 is 4.79 Å². The molecule has 2 amide bonds. The highest BCUT2D eigenvalue weighted by Crippen LogP contribution is 2.29. The molecule has 1 aliphatic heterocycles. The zero-order valence-corrected chi connectivity index (χ0v) is 15.3. The van der Waals surface area contributed by atoms with E-state index in [1.165, 1.54) is 17.7 Å². The number of rotatable bonds is 5. The van der Waals surface area contributed by atoms with Gasteiger partial charge in [-0.2, -0.15) is 11.8 Å². The summed E-state index contributed by atoms with van der Waals surface area (Å²) < 4.78 is 0. The van der Waals surface area contributed by atoms with E-state index in [4.69, 9.17) is 0 Å². The van der Waals surface area contributed by atoms with E-state index in [-0.39, 0.29) is 6.03 Å². The topological polar surface area (TPSA) is 48.5 Å². The third kappa shape index (κ3) is 4.86. The van der Waals surface area contributed by atoms with Gasteiger partial charge in [0.1, 0.15) is 0 Å². The van der Waals surface area contributed by atoms with Crippen molar-refractivity contribution in [2.75, 3.05) is 31.9 Å². The highest BCUT2D eigenvalue weighted by Gasteiger charge is 2.28. The average Bonchev–Trinajstić information content (AvgIpc) is 3.04. The van der Waals surface area contributed by atoms with E-state index in [0.717, 1.165) is 50.8 Å². The lowest BCUT2D eigenvalue weighted by molar-refractivity contribution is 0.133. The Kier molecular flexibility index (Phi) is 6.37. The zero-order valence-electron chi connectivity index (χ0n) is 14.5. The number of thioether (sulfide) groups is 1. The van der Waals surface area contributed by atoms with Crippen molar-refractivity contribution in [3.8, 4) is 0 Å². The molecule has 1 saturated carbocycles. The number of hydrogen-bond donors (Lipinski definition) is 1. The molecule has 1 aromatic rings. The smallest absolute Gasteiger partial charge is 0.317 e. The van der Waals surface area contributed by atoms with Crippen LogP contribution in [-0.2, 0) is 6.54 Å². The summed E-state index contributed by atoms with van der Waals surface area (Å²) in [4.78, 5) is 20.9. The molecule has 0 aromatic carbocycles. The largest absolute Gasteiger partial charge is 0.335 e. The zero-order chi connectivity index (χ0) is 16.8. The standard InChI is InChI=1S/C18H28N4OS/c1-2-24-17-4-3-16(13-17)20-18(23)22-11-9-21(10-12-22)14-15-5-7-19-8-6-15/h5-8,16-17H,2-4,9-14H2,1H3,(H,20,23). The SMILES string of the molecule is CCSC1CCC(NC(=O)N2CCN(Cc3ccncc3)CC2)C1. The summed E-state index contributed by atoms with van der Waals surface area (Å²) >= 11 is 2.03. The van der Waals surface area contributed by atoms with Gasteiger partial charge in [0.15, 0.2) is 0 Å². The Hall–Kier alpha value is -1.27. The van der Waals surface area contributed by atoms with Crippen molar-refractivity contribution in [3.63, 3.8) is 0 Å². The number of amides is 2. The van der Waals surface area contributed by atoms with Crippen LogP contribution in [-0.4, -0.2) is 64.0 Å². The number of hydrogen-bond acceptors (Lipinski definition) is 4. The normalized spacial score (nSPS) is 25.0. The first-order valence-electron chi connectivity index (χ1n) is 9.03. The summed E-state index contributed by atoms with van der Waals surface area (Å²) in [6.45, 7) is 6.66. The average molecular weight is 349 g/mol. The lowest BCUT2D eigenvalue weighted by atomic mass is 10.2. The number of pyridine rings is 1. The van der Waals surface area contributed by atoms with E-state index in [2.05, 4.69) is 34.3 Å². The predicted molar refractivity (Wildman–Crippen MR) is 99.2 cm³/mol. The first-order chi connectivity index (χ1) is 11.7. The quantitative estimate of drug-likeness (QED) is 0.888. The summed E-state index contributed by atoms with van der Waals surface area (Å²) in [5.41, 5.74) is 1.29. The van der Waals surface area contributed by atoms with Crippen LogP contribution in [0.1, 0.15) is 31.7 Å². The molecule has 2 aliphatic rings. The molecular formula is C18H28N4OS. The van der Waals surface area contributed by atoms with E-state index in [1.807, 2.05) is 29.1 Å². The number of carbonyl (C=O) groups is 1. The summed E-state index contributed by atoms with van der Waals surface area (Å²) in [7, 11) is 0. The summed E-state index contributed by atoms with van der Waals surface area (Å²) in [6, 6.07) is 4.62. The first-order valence-corrected chi connectivity index (χ1v) is 10.1. The minimum absolute atomic E-state index is 0.130. The van der Waals surface area contributed by atoms with Crippen molar-refractivity contribution in [1.29, 1.82) is 0 Å². The van der Waals surface area contributed by atoms with Crippen LogP contribution in [0.5, 0.6) is 0 Å². The second-order valence-electron chi connectivity index (χ2n) is 6.66. The molecule has 2 fully saturated rings. The number of aromatic nitrogens is 1. The molecule has 0 spiro atoms. The van der Waals surface area contributed by atoms with Gasteiger partial charge < -0.3 is 10.2 Å². The molecule has 2 unspecified atom stereocenters. The van der Waals surface area contributed by atoms with Gasteiger partial charge in [-0.3, -0.25) is 9.88 Å². The van der Waals surface area contributed by atoms with Gasteiger partial charge in [-0.05, 0) is 42.7 Å². The molecule has 132 valence electrons. The maximum absolute atomic E-state index is 12.5. The van der Waals surface area contributed by atoms with Gasteiger partial charge in [-0.1, -0.05) is 6.92 Å². The molecule has 0 bridgehead atoms. The summed E-state index contributed by atoms with van der Waals surface area (Å²) in [6.07, 6.45) is 7.18. The fourth-order valence-electron chi connectivity index (χ4n) is 3.58. The van der Waals surface area contributed by atoms with E-state index >= 15 is 0 Å². The lowest BCUT2D eigenvalue weighted by Crippen LogP contribution is -2.52. The molecule has 0 radical (unpaired) electrons. The van der Waals surface area contributed by atoms with Gasteiger partial charge in [-0.15, -0.1) is 0 Å². The number of urea groups is 1. The van der Waals surface area contributed by atoms with Gasteiger partial charge >= 0.3 is 6.03 Å². The molecule has 6 heteroatoms. The van der Waals surface area contributed by atoms with Crippen LogP contribution in [0.3, 0.4) is 0 Å². The van der Waals surface area contributed by atoms with E-state index in [9.17, 15) is 4.79 Å². The Morgan fingerprint density at radius 2 is 2.00 bits per heavy atom. The molecular weight excluding hydrogens is 320 g/mol. The fraction of sp³-hybridized carbons (Fsp3) is 0.667. The van der Waals surface area contributed by atoms with Gasteiger partial charge in [0, 0.05) is 56.4 Å². The molecule has 3 rings (SSSR count). The third-order valence-electron chi connectivity index (χ3n) is 4.93. The summed E-state index contributed by atoms with van der Waals surface area (Å²) in [5.74, 6) is 1.17. The molecule has 2 atom stereocenters. The van der Waals surface area contributed by atoms with Crippen LogP contribution in [0, 0.1) is 0 Å². The Balaban J connectivity index is 1.39. The van der Waals surface area contributed by atoms with Crippen LogP contribution < -0.4 is 5.32 Å². The second-order valence-corrected chi connectivity index (χ2v) is 8.23. The van der Waals surface area contributed by atoms with Crippen molar-refractivity contribution >= 4 is 17.8 Å². The summed E-state index contributed by atoms with van der Waals surface area (Å²) in [5, 5.41) is 3.98. The maximum Gasteiger partial charge on any atom is 0.317 e. The number of piperazine rings is 1. The number of nitrogens with one attached hydrogen (secondary N) is 1. The minimum Gasteiger partial charge on any atom is -0.335 e. The Bertz CT molecular complexity index is 519. The van der Waals surface area contributed by atoms with Crippen molar-refractivity contribution in [2.24, 2.45) is 0 Å². The highest BCUT2D eigenvalue weighted by molar-refractivity contribution is 7.99. The Labute approximate surface area is 149 Å². The lowest BCUT2D eigenvalue weighted by Gasteiger charge is -2.35. The van der Waals surface area contributed by atoms with Crippen molar-refractivity contribution in [1.82, 2.24) is 20.1 Å². The predicted octanol–water partition coefficient (Wildman–Crippen LogP) is 2.58. The second kappa shape index (κ2) is 8.72. The van der Waals surface area contributed by atoms with Crippen LogP contribution in [0.2, 0.25) is 0 Å². The van der Waals surface area contributed by atoms with Gasteiger partial charge in [0.2, 0.25) is 0 Å². The van der Waals surface area contributed by atoms with Crippen molar-refractivity contribution in [2.45, 2.75) is 44.0 Å².